The molecule has 56 heavy (non-hydrogen) atoms. The number of allylic oxidation sites excluding steroid dienone is 2. The summed E-state index contributed by atoms with van der Waals surface area (Å²) in [5.41, 5.74) is 24.7. The number of piperazine rings is 2. The van der Waals surface area contributed by atoms with Crippen molar-refractivity contribution in [2.75, 3.05) is 65.6 Å². The number of ether oxygens (including phenoxy) is 2. The number of hydrogen-bond donors (Lipinski definition) is 6. The molecule has 18 heteroatoms. The maximum absolute atomic E-state index is 12.6. The third-order valence-electron chi connectivity index (χ3n) is 9.07. The first-order valence-corrected chi connectivity index (χ1v) is 19.0. The van der Waals surface area contributed by atoms with E-state index in [-0.39, 0.29) is 36.2 Å². The lowest BCUT2D eigenvalue weighted by molar-refractivity contribution is 0.0802. The van der Waals surface area contributed by atoms with Gasteiger partial charge in [-0.15, -0.1) is 0 Å². The van der Waals surface area contributed by atoms with E-state index in [1.54, 1.807) is 43.9 Å². The van der Waals surface area contributed by atoms with Crippen LogP contribution < -0.4 is 33.6 Å². The molecule has 2 aliphatic heterocycles. The van der Waals surface area contributed by atoms with Gasteiger partial charge < -0.3 is 62.6 Å². The summed E-state index contributed by atoms with van der Waals surface area (Å²) in [4.78, 5) is 64.8. The van der Waals surface area contributed by atoms with E-state index in [0.717, 1.165) is 49.7 Å². The average molecular weight is 777 g/mol. The standard InChI is InChI=1S/C38H56N12O6/c39-33(40)45-31-13-9-29(10-14-31)27-43-35(51)47-17-21-49(22-18-47)37(53)55-25-7-5-3-1-2-4-6-8-26-56-38(54)50-23-19-48(20-24-50)36(52)44-28-30-11-15-32(16-12-30)46-34(41)42/h1,3,9-16H,2,4-8,17-28H2,(H,43,51)(H,44,52)(H4,39,40,45)(H4,41,42,46). The van der Waals surface area contributed by atoms with Crippen molar-refractivity contribution in [3.05, 3.63) is 71.8 Å². The number of amides is 6. The van der Waals surface area contributed by atoms with E-state index in [1.165, 1.54) is 0 Å². The van der Waals surface area contributed by atoms with Crippen LogP contribution in [0.5, 0.6) is 0 Å². The SMILES string of the molecule is NC(N)=Nc1ccc(CNC(=O)N2CCN(C(=O)OCCCC=CCCCCCOC(=O)N3CCN(C(=O)NCc4ccc(N=C(N)N)cc4)CC3)CC2)cc1. The molecule has 2 saturated heterocycles. The molecular weight excluding hydrogens is 720 g/mol. The number of aliphatic imine (C=N–C) groups is 2. The highest BCUT2D eigenvalue weighted by Gasteiger charge is 2.26. The highest BCUT2D eigenvalue weighted by molar-refractivity contribution is 5.79. The third kappa shape index (κ3) is 15.3. The zero-order chi connectivity index (χ0) is 40.1. The van der Waals surface area contributed by atoms with Crippen LogP contribution in [0.2, 0.25) is 0 Å². The second-order valence-corrected chi connectivity index (χ2v) is 13.4. The average Bonchev–Trinajstić information content (AvgIpc) is 3.20. The van der Waals surface area contributed by atoms with Crippen LogP contribution in [0.15, 0.2) is 70.7 Å². The Morgan fingerprint density at radius 1 is 0.536 bits per heavy atom. The van der Waals surface area contributed by atoms with Gasteiger partial charge in [0.25, 0.3) is 0 Å². The summed E-state index contributed by atoms with van der Waals surface area (Å²) >= 11 is 0. The summed E-state index contributed by atoms with van der Waals surface area (Å²) < 4.78 is 10.9. The molecule has 10 N–H and O–H groups in total. The fourth-order valence-corrected chi connectivity index (χ4v) is 5.92. The van der Waals surface area contributed by atoms with Crippen LogP contribution in [0, 0.1) is 0 Å². The maximum atomic E-state index is 12.6. The summed E-state index contributed by atoms with van der Waals surface area (Å²) in [5.74, 6) is -0.0292. The first-order valence-electron chi connectivity index (χ1n) is 19.0. The van der Waals surface area contributed by atoms with Gasteiger partial charge >= 0.3 is 24.2 Å². The molecule has 2 aromatic carbocycles. The van der Waals surface area contributed by atoms with Gasteiger partial charge in [0.15, 0.2) is 11.9 Å². The number of guanidine groups is 2. The molecule has 2 fully saturated rings. The number of hydrogen-bond acceptors (Lipinski definition) is 8. The molecule has 6 amide bonds. The minimum absolute atomic E-state index is 0.0144. The van der Waals surface area contributed by atoms with Crippen LogP contribution >= 0.6 is 0 Å². The minimum atomic E-state index is -0.359. The van der Waals surface area contributed by atoms with E-state index in [1.807, 2.05) is 24.3 Å². The van der Waals surface area contributed by atoms with Gasteiger partial charge in [-0.1, -0.05) is 36.4 Å². The topological polar surface area (TPSA) is 253 Å². The number of urea groups is 2. The number of benzene rings is 2. The molecule has 4 rings (SSSR count). The minimum Gasteiger partial charge on any atom is -0.449 e. The predicted octanol–water partition coefficient (Wildman–Crippen LogP) is 3.02. The molecule has 2 heterocycles. The molecular formula is C38H56N12O6. The molecule has 2 aliphatic rings. The fraction of sp³-hybridized carbons (Fsp3) is 0.474. The number of nitrogens with one attached hydrogen (secondary N) is 2. The first-order chi connectivity index (χ1) is 27.1. The van der Waals surface area contributed by atoms with Crippen LogP contribution in [0.3, 0.4) is 0 Å². The first kappa shape index (κ1) is 42.5. The van der Waals surface area contributed by atoms with Gasteiger partial charge in [-0.25, -0.2) is 29.2 Å². The van der Waals surface area contributed by atoms with Gasteiger partial charge in [0.2, 0.25) is 0 Å². The van der Waals surface area contributed by atoms with E-state index < -0.39 is 0 Å². The van der Waals surface area contributed by atoms with E-state index in [2.05, 4.69) is 32.8 Å². The van der Waals surface area contributed by atoms with Gasteiger partial charge in [-0.05, 0) is 73.9 Å². The monoisotopic (exact) mass is 776 g/mol. The summed E-state index contributed by atoms with van der Waals surface area (Å²) in [6, 6.07) is 14.1. The molecule has 0 bridgehead atoms. The molecule has 18 nitrogen and oxygen atoms in total. The van der Waals surface area contributed by atoms with E-state index in [4.69, 9.17) is 32.4 Å². The second kappa shape index (κ2) is 22.9. The second-order valence-electron chi connectivity index (χ2n) is 13.4. The number of nitrogens with zero attached hydrogens (tertiary/aromatic N) is 6. The molecule has 2 aromatic rings. The Balaban J connectivity index is 0.945. The smallest absolute Gasteiger partial charge is 0.409 e. The molecule has 0 unspecified atom stereocenters. The number of unbranched alkanes of at least 4 members (excludes halogenated alkanes) is 4. The molecule has 0 aromatic heterocycles. The molecule has 0 atom stereocenters. The third-order valence-corrected chi connectivity index (χ3v) is 9.07. The molecule has 0 aliphatic carbocycles. The number of nitrogens with two attached hydrogens (primary N) is 4. The van der Waals surface area contributed by atoms with Crippen LogP contribution in [0.4, 0.5) is 30.6 Å². The zero-order valence-corrected chi connectivity index (χ0v) is 31.9. The Labute approximate surface area is 327 Å². The lowest BCUT2D eigenvalue weighted by atomic mass is 10.2. The predicted molar refractivity (Wildman–Crippen MR) is 214 cm³/mol. The van der Waals surface area contributed by atoms with Crippen LogP contribution in [-0.4, -0.2) is 121 Å². The zero-order valence-electron chi connectivity index (χ0n) is 31.9. The number of carbonyl (C=O) groups excluding carboxylic acids is 4. The van der Waals surface area contributed by atoms with Crippen molar-refractivity contribution in [2.24, 2.45) is 32.9 Å². The van der Waals surface area contributed by atoms with E-state index >= 15 is 0 Å². The highest BCUT2D eigenvalue weighted by atomic mass is 16.6. The summed E-state index contributed by atoms with van der Waals surface area (Å²) in [6.07, 6.45) is 8.66. The Kier molecular flexibility index (Phi) is 17.4. The number of rotatable bonds is 16. The van der Waals surface area contributed by atoms with Gasteiger partial charge in [-0.2, -0.15) is 0 Å². The van der Waals surface area contributed by atoms with E-state index in [0.29, 0.717) is 90.0 Å². The van der Waals surface area contributed by atoms with Crippen molar-refractivity contribution in [2.45, 2.75) is 51.6 Å². The fourth-order valence-electron chi connectivity index (χ4n) is 5.92. The molecule has 0 spiro atoms. The van der Waals surface area contributed by atoms with Crippen LogP contribution in [0.1, 0.15) is 49.7 Å². The quantitative estimate of drug-likeness (QED) is 0.0629. The van der Waals surface area contributed by atoms with Gasteiger partial charge in [-0.3, -0.25) is 0 Å². The maximum Gasteiger partial charge on any atom is 0.409 e. The van der Waals surface area contributed by atoms with Crippen LogP contribution in [-0.2, 0) is 22.6 Å². The van der Waals surface area contributed by atoms with Crippen molar-refractivity contribution in [3.63, 3.8) is 0 Å². The van der Waals surface area contributed by atoms with Gasteiger partial charge in [0, 0.05) is 65.4 Å². The Bertz CT molecular complexity index is 1640. The Hall–Kier alpha value is -6.20. The van der Waals surface area contributed by atoms with Gasteiger partial charge in [0.1, 0.15) is 0 Å². The summed E-state index contributed by atoms with van der Waals surface area (Å²) in [7, 11) is 0. The highest BCUT2D eigenvalue weighted by Crippen LogP contribution is 2.14. The van der Waals surface area contributed by atoms with E-state index in [9.17, 15) is 19.2 Å². The van der Waals surface area contributed by atoms with Crippen molar-refractivity contribution >= 4 is 47.5 Å². The summed E-state index contributed by atoms with van der Waals surface area (Å²) in [6.45, 7) is 4.81. The molecule has 0 saturated carbocycles. The summed E-state index contributed by atoms with van der Waals surface area (Å²) in [5, 5.41) is 5.81. The Morgan fingerprint density at radius 2 is 0.911 bits per heavy atom. The largest absolute Gasteiger partial charge is 0.449 e. The van der Waals surface area contributed by atoms with Crippen molar-refractivity contribution in [1.29, 1.82) is 0 Å². The van der Waals surface area contributed by atoms with Gasteiger partial charge in [0.05, 0.1) is 24.6 Å². The Morgan fingerprint density at radius 3 is 1.32 bits per heavy atom. The van der Waals surface area contributed by atoms with Crippen LogP contribution in [0.25, 0.3) is 0 Å². The normalized spacial score (nSPS) is 14.2. The van der Waals surface area contributed by atoms with Crippen molar-refractivity contribution in [3.8, 4) is 0 Å². The van der Waals surface area contributed by atoms with Crippen molar-refractivity contribution in [1.82, 2.24) is 30.2 Å². The molecule has 304 valence electrons. The number of carbonyl (C=O) groups is 4. The van der Waals surface area contributed by atoms with Crippen molar-refractivity contribution < 1.29 is 28.7 Å². The lowest BCUT2D eigenvalue weighted by Crippen LogP contribution is -2.53. The lowest BCUT2D eigenvalue weighted by Gasteiger charge is -2.34. The molecule has 0 radical (unpaired) electrons.